The Morgan fingerprint density at radius 2 is 1.40 bits per heavy atom. The van der Waals surface area contributed by atoms with E-state index in [9.17, 15) is 0 Å². The molecule has 0 radical (unpaired) electrons. The Kier molecular flexibility index (Phi) is 4.91. The van der Waals surface area contributed by atoms with Crippen molar-refractivity contribution in [2.75, 3.05) is 0 Å². The molecule has 2 aromatic heterocycles. The minimum absolute atomic E-state index is 0.477. The summed E-state index contributed by atoms with van der Waals surface area (Å²) in [6.45, 7) is 0. The maximum atomic E-state index is 6.21. The van der Waals surface area contributed by atoms with Crippen molar-refractivity contribution >= 4 is 41.1 Å². The molecule has 0 amide bonds. The molecule has 0 aliphatic rings. The molecule has 0 spiro atoms. The molecule has 0 saturated heterocycles. The Morgan fingerprint density at radius 3 is 2.10 bits per heavy atom. The van der Waals surface area contributed by atoms with Crippen LogP contribution in [0.2, 0.25) is 10.0 Å². The van der Waals surface area contributed by atoms with E-state index < -0.39 is 0 Å². The number of aromatic nitrogens is 3. The first-order chi connectivity index (χ1) is 14.6. The highest BCUT2D eigenvalue weighted by Gasteiger charge is 2.12. The topological polar surface area (TPSA) is 33.1 Å². The Morgan fingerprint density at radius 1 is 0.767 bits per heavy atom. The average molecular weight is 448 g/mol. The van der Waals surface area contributed by atoms with E-state index in [0.717, 1.165) is 28.0 Å². The molecule has 0 aliphatic heterocycles. The lowest BCUT2D eigenvalue weighted by molar-refractivity contribution is 1.06. The van der Waals surface area contributed by atoms with E-state index in [1.165, 1.54) is 11.1 Å². The van der Waals surface area contributed by atoms with E-state index in [-0.39, 0.29) is 0 Å². The molecule has 0 atom stereocenters. The van der Waals surface area contributed by atoms with Gasteiger partial charge in [-0.15, -0.1) is 0 Å². The van der Waals surface area contributed by atoms with E-state index in [4.69, 9.17) is 35.4 Å². The molecule has 5 aromatic rings. The van der Waals surface area contributed by atoms with Crippen molar-refractivity contribution < 1.29 is 0 Å². The molecule has 1 N–H and O–H groups in total. The van der Waals surface area contributed by atoms with Gasteiger partial charge in [0.15, 0.2) is 0 Å². The minimum Gasteiger partial charge on any atom is -0.339 e. The van der Waals surface area contributed by atoms with Crippen LogP contribution in [0, 0.1) is 4.77 Å². The van der Waals surface area contributed by atoms with Gasteiger partial charge in [-0.25, -0.2) is 4.98 Å². The van der Waals surface area contributed by atoms with E-state index >= 15 is 0 Å². The molecule has 0 fully saturated rings. The lowest BCUT2D eigenvalue weighted by atomic mass is 10.0. The number of nitrogens with one attached hydrogen (secondary N) is 1. The number of rotatable bonds is 3. The first kappa shape index (κ1) is 19.1. The van der Waals surface area contributed by atoms with E-state index in [2.05, 4.69) is 46.4 Å². The molecule has 3 nitrogen and oxygen atoms in total. The first-order valence-corrected chi connectivity index (χ1v) is 10.5. The SMILES string of the molecule is S=c1ncc(-c2cc(Cl)cc(Cl)c2)c2[nH]c(-c3ccc(-c4ccccc4)cc3)cn12. The van der Waals surface area contributed by atoms with Crippen LogP contribution >= 0.6 is 35.4 Å². The molecular weight excluding hydrogens is 433 g/mol. The van der Waals surface area contributed by atoms with Crippen LogP contribution < -0.4 is 0 Å². The molecular formula is C24H15Cl2N3S. The van der Waals surface area contributed by atoms with Gasteiger partial charge in [0.1, 0.15) is 5.65 Å². The highest BCUT2D eigenvalue weighted by molar-refractivity contribution is 7.71. The normalized spacial score (nSPS) is 11.1. The lowest BCUT2D eigenvalue weighted by Gasteiger charge is -2.05. The van der Waals surface area contributed by atoms with E-state index in [0.29, 0.717) is 14.8 Å². The number of hydrogen-bond donors (Lipinski definition) is 1. The predicted molar refractivity (Wildman–Crippen MR) is 127 cm³/mol. The minimum atomic E-state index is 0.477. The van der Waals surface area contributed by atoms with Gasteiger partial charge in [0.2, 0.25) is 4.77 Å². The second-order valence-corrected chi connectivity index (χ2v) is 8.18. The van der Waals surface area contributed by atoms with Crippen molar-refractivity contribution in [3.63, 3.8) is 0 Å². The van der Waals surface area contributed by atoms with Crippen molar-refractivity contribution in [3.8, 4) is 33.5 Å². The third kappa shape index (κ3) is 3.54. The van der Waals surface area contributed by atoms with Crippen LogP contribution in [0.3, 0.4) is 0 Å². The second-order valence-electron chi connectivity index (χ2n) is 6.94. The van der Waals surface area contributed by atoms with Gasteiger partial charge in [0, 0.05) is 28.0 Å². The van der Waals surface area contributed by atoms with Gasteiger partial charge in [0.05, 0.1) is 5.69 Å². The molecule has 146 valence electrons. The molecule has 5 rings (SSSR count). The Bertz CT molecular complexity index is 1400. The Balaban J connectivity index is 1.61. The molecule has 0 aliphatic carbocycles. The summed E-state index contributed by atoms with van der Waals surface area (Å²) in [4.78, 5) is 7.86. The van der Waals surface area contributed by atoms with Gasteiger partial charge in [0.25, 0.3) is 0 Å². The third-order valence-electron chi connectivity index (χ3n) is 4.99. The summed E-state index contributed by atoms with van der Waals surface area (Å²) in [6, 6.07) is 24.2. The summed E-state index contributed by atoms with van der Waals surface area (Å²) in [5, 5.41) is 1.14. The number of benzene rings is 3. The zero-order valence-corrected chi connectivity index (χ0v) is 18.0. The standard InChI is InChI=1S/C24H15Cl2N3S/c25-19-10-18(11-20(26)12-19)21-13-27-24(30)29-14-22(28-23(21)29)17-8-6-16(7-9-17)15-4-2-1-3-5-15/h1-14,28H. The van der Waals surface area contributed by atoms with E-state index in [1.54, 1.807) is 12.3 Å². The summed E-state index contributed by atoms with van der Waals surface area (Å²) >= 11 is 17.9. The number of halogens is 2. The van der Waals surface area contributed by atoms with Crippen LogP contribution in [-0.2, 0) is 0 Å². The van der Waals surface area contributed by atoms with Crippen molar-refractivity contribution in [3.05, 3.63) is 100 Å². The molecule has 30 heavy (non-hydrogen) atoms. The maximum Gasteiger partial charge on any atom is 0.205 e. The van der Waals surface area contributed by atoms with Gasteiger partial charge in [-0.1, -0.05) is 77.8 Å². The quantitative estimate of drug-likeness (QED) is 0.287. The van der Waals surface area contributed by atoms with Crippen LogP contribution in [0.4, 0.5) is 0 Å². The van der Waals surface area contributed by atoms with Gasteiger partial charge in [-0.2, -0.15) is 0 Å². The fourth-order valence-corrected chi connectivity index (χ4v) is 4.27. The van der Waals surface area contributed by atoms with Crippen LogP contribution in [0.25, 0.3) is 39.2 Å². The molecule has 2 heterocycles. The van der Waals surface area contributed by atoms with E-state index in [1.807, 2.05) is 40.9 Å². The fourth-order valence-electron chi connectivity index (χ4n) is 3.54. The van der Waals surface area contributed by atoms with Crippen LogP contribution in [-0.4, -0.2) is 14.4 Å². The largest absolute Gasteiger partial charge is 0.339 e. The van der Waals surface area contributed by atoms with Gasteiger partial charge < -0.3 is 4.98 Å². The van der Waals surface area contributed by atoms with Crippen molar-refractivity contribution in [1.82, 2.24) is 14.4 Å². The van der Waals surface area contributed by atoms with Crippen molar-refractivity contribution in [2.45, 2.75) is 0 Å². The number of imidazole rings is 1. The second kappa shape index (κ2) is 7.73. The van der Waals surface area contributed by atoms with Gasteiger partial charge >= 0.3 is 0 Å². The smallest absolute Gasteiger partial charge is 0.205 e. The third-order valence-corrected chi connectivity index (χ3v) is 5.73. The lowest BCUT2D eigenvalue weighted by Crippen LogP contribution is -1.92. The summed E-state index contributed by atoms with van der Waals surface area (Å²) < 4.78 is 2.35. The summed E-state index contributed by atoms with van der Waals surface area (Å²) in [5.41, 5.74) is 6.96. The molecule has 0 bridgehead atoms. The molecule has 3 aromatic carbocycles. The number of H-pyrrole nitrogens is 1. The summed E-state index contributed by atoms with van der Waals surface area (Å²) in [5.74, 6) is 0. The fraction of sp³-hybridized carbons (Fsp3) is 0. The van der Waals surface area contributed by atoms with Crippen LogP contribution in [0.5, 0.6) is 0 Å². The van der Waals surface area contributed by atoms with Crippen molar-refractivity contribution in [2.24, 2.45) is 0 Å². The maximum absolute atomic E-state index is 6.21. The predicted octanol–water partition coefficient (Wildman–Crippen LogP) is 7.70. The van der Waals surface area contributed by atoms with Gasteiger partial charge in [-0.3, -0.25) is 4.40 Å². The molecule has 0 saturated carbocycles. The van der Waals surface area contributed by atoms with Crippen LogP contribution in [0.1, 0.15) is 0 Å². The summed E-state index contributed by atoms with van der Waals surface area (Å²) in [6.07, 6.45) is 3.72. The first-order valence-electron chi connectivity index (χ1n) is 9.31. The highest BCUT2D eigenvalue weighted by atomic mass is 35.5. The zero-order valence-electron chi connectivity index (χ0n) is 15.6. The highest BCUT2D eigenvalue weighted by Crippen LogP contribution is 2.31. The Hall–Kier alpha value is -2.92. The number of hydrogen-bond acceptors (Lipinski definition) is 2. The van der Waals surface area contributed by atoms with Gasteiger partial charge in [-0.05, 0) is 52.7 Å². The average Bonchev–Trinajstić information content (AvgIpc) is 3.20. The number of fused-ring (bicyclic) bond motifs is 1. The summed E-state index contributed by atoms with van der Waals surface area (Å²) in [7, 11) is 0. The molecule has 0 unspecified atom stereocenters. The molecule has 6 heteroatoms. The van der Waals surface area contributed by atoms with Crippen LogP contribution in [0.15, 0.2) is 85.2 Å². The number of nitrogens with zero attached hydrogens (tertiary/aromatic N) is 2. The zero-order chi connectivity index (χ0) is 20.7. The van der Waals surface area contributed by atoms with Crippen molar-refractivity contribution in [1.29, 1.82) is 0 Å². The Labute approximate surface area is 188 Å². The number of aromatic amines is 1. The monoisotopic (exact) mass is 447 g/mol.